The summed E-state index contributed by atoms with van der Waals surface area (Å²) >= 11 is 5.74. The molecule has 0 aromatic heterocycles. The Morgan fingerprint density at radius 1 is 1.27 bits per heavy atom. The summed E-state index contributed by atoms with van der Waals surface area (Å²) < 4.78 is 0. The van der Waals surface area contributed by atoms with Crippen LogP contribution in [0, 0.1) is 0 Å². The summed E-state index contributed by atoms with van der Waals surface area (Å²) in [6.45, 7) is 3.23. The van der Waals surface area contributed by atoms with E-state index in [-0.39, 0.29) is 6.03 Å². The number of nitrogens with one attached hydrogen (secondary N) is 2. The van der Waals surface area contributed by atoms with Gasteiger partial charge in [0.2, 0.25) is 0 Å². The normalized spacial score (nSPS) is 9.73. The fourth-order valence-electron chi connectivity index (χ4n) is 1.09. The van der Waals surface area contributed by atoms with Crippen molar-refractivity contribution in [3.8, 4) is 0 Å². The third-order valence-electron chi connectivity index (χ3n) is 1.90. The zero-order valence-corrected chi connectivity index (χ0v) is 9.47. The lowest BCUT2D eigenvalue weighted by Crippen LogP contribution is -2.35. The van der Waals surface area contributed by atoms with Crippen LogP contribution in [0.3, 0.4) is 0 Å². The van der Waals surface area contributed by atoms with Gasteiger partial charge in [0.1, 0.15) is 0 Å². The fraction of sp³-hybridized carbons (Fsp3) is 0.364. The van der Waals surface area contributed by atoms with Gasteiger partial charge < -0.3 is 10.6 Å². The molecule has 4 heteroatoms. The lowest BCUT2D eigenvalue weighted by atomic mass is 10.2. The largest absolute Gasteiger partial charge is 0.338 e. The topological polar surface area (TPSA) is 41.1 Å². The van der Waals surface area contributed by atoms with Crippen molar-refractivity contribution in [2.45, 2.75) is 19.9 Å². The minimum absolute atomic E-state index is 0.133. The number of hydrogen-bond acceptors (Lipinski definition) is 1. The van der Waals surface area contributed by atoms with E-state index in [4.69, 9.17) is 11.6 Å². The number of benzene rings is 1. The van der Waals surface area contributed by atoms with Crippen molar-refractivity contribution in [2.24, 2.45) is 0 Å². The van der Waals surface area contributed by atoms with E-state index in [2.05, 4.69) is 10.6 Å². The average molecular weight is 227 g/mol. The monoisotopic (exact) mass is 226 g/mol. The van der Waals surface area contributed by atoms with Gasteiger partial charge in [-0.15, -0.1) is 0 Å². The van der Waals surface area contributed by atoms with Gasteiger partial charge in [-0.25, -0.2) is 4.79 Å². The predicted molar refractivity (Wildman–Crippen MR) is 62.0 cm³/mol. The Morgan fingerprint density at radius 2 is 1.93 bits per heavy atom. The molecule has 0 fully saturated rings. The number of carbonyl (C=O) groups is 1. The molecule has 0 bridgehead atoms. The maximum absolute atomic E-state index is 11.2. The van der Waals surface area contributed by atoms with Crippen LogP contribution in [0.25, 0.3) is 0 Å². The molecule has 2 N–H and O–H groups in total. The standard InChI is InChI=1S/C11H15ClN2O/c1-2-7-13-11(15)14-8-9-3-5-10(12)6-4-9/h3-6H,2,7-8H2,1H3,(H2,13,14,15). The van der Waals surface area contributed by atoms with Crippen molar-refractivity contribution in [3.05, 3.63) is 34.9 Å². The molecule has 0 aliphatic carbocycles. The minimum atomic E-state index is -0.133. The van der Waals surface area contributed by atoms with Crippen molar-refractivity contribution in [1.82, 2.24) is 10.6 Å². The van der Waals surface area contributed by atoms with Gasteiger partial charge in [-0.05, 0) is 24.1 Å². The zero-order valence-electron chi connectivity index (χ0n) is 8.72. The van der Waals surface area contributed by atoms with E-state index < -0.39 is 0 Å². The number of halogens is 1. The van der Waals surface area contributed by atoms with Gasteiger partial charge in [-0.1, -0.05) is 30.7 Å². The molecule has 0 spiro atoms. The van der Waals surface area contributed by atoms with Crippen molar-refractivity contribution in [3.63, 3.8) is 0 Å². The third-order valence-corrected chi connectivity index (χ3v) is 2.15. The van der Waals surface area contributed by atoms with Crippen LogP contribution in [0.1, 0.15) is 18.9 Å². The van der Waals surface area contributed by atoms with Crippen LogP contribution in [0.5, 0.6) is 0 Å². The second-order valence-corrected chi connectivity index (χ2v) is 3.67. The van der Waals surface area contributed by atoms with Gasteiger partial charge in [0, 0.05) is 18.1 Å². The molecule has 0 radical (unpaired) electrons. The van der Waals surface area contributed by atoms with Crippen LogP contribution in [-0.4, -0.2) is 12.6 Å². The number of carbonyl (C=O) groups excluding carboxylic acids is 1. The molecule has 0 aliphatic heterocycles. The van der Waals surface area contributed by atoms with E-state index in [1.165, 1.54) is 0 Å². The van der Waals surface area contributed by atoms with Crippen LogP contribution in [0.4, 0.5) is 4.79 Å². The smallest absolute Gasteiger partial charge is 0.315 e. The molecular weight excluding hydrogens is 212 g/mol. The fourth-order valence-corrected chi connectivity index (χ4v) is 1.21. The quantitative estimate of drug-likeness (QED) is 0.814. The van der Waals surface area contributed by atoms with Gasteiger partial charge in [0.25, 0.3) is 0 Å². The Balaban J connectivity index is 2.30. The van der Waals surface area contributed by atoms with E-state index in [1.54, 1.807) is 0 Å². The molecule has 1 rings (SSSR count). The van der Waals surface area contributed by atoms with E-state index in [9.17, 15) is 4.79 Å². The molecule has 0 saturated carbocycles. The average Bonchev–Trinajstić information content (AvgIpc) is 2.25. The number of hydrogen-bond donors (Lipinski definition) is 2. The molecule has 2 amide bonds. The summed E-state index contributed by atoms with van der Waals surface area (Å²) in [7, 11) is 0. The SMILES string of the molecule is CCCNC(=O)NCc1ccc(Cl)cc1. The van der Waals surface area contributed by atoms with Crippen molar-refractivity contribution in [1.29, 1.82) is 0 Å². The summed E-state index contributed by atoms with van der Waals surface area (Å²) in [5.74, 6) is 0. The molecule has 0 atom stereocenters. The molecule has 0 unspecified atom stereocenters. The van der Waals surface area contributed by atoms with Crippen LogP contribution in [-0.2, 0) is 6.54 Å². The van der Waals surface area contributed by atoms with Crippen LogP contribution in [0.2, 0.25) is 5.02 Å². The Kier molecular flexibility index (Phi) is 4.98. The molecule has 0 saturated heterocycles. The summed E-state index contributed by atoms with van der Waals surface area (Å²) in [5, 5.41) is 6.20. The molecule has 0 heterocycles. The van der Waals surface area contributed by atoms with E-state index in [0.717, 1.165) is 12.0 Å². The van der Waals surface area contributed by atoms with Crippen LogP contribution >= 0.6 is 11.6 Å². The van der Waals surface area contributed by atoms with Crippen LogP contribution in [0.15, 0.2) is 24.3 Å². The number of urea groups is 1. The van der Waals surface area contributed by atoms with E-state index in [1.807, 2.05) is 31.2 Å². The molecule has 0 aliphatic rings. The Bertz CT molecular complexity index is 311. The highest BCUT2D eigenvalue weighted by molar-refractivity contribution is 6.30. The van der Waals surface area contributed by atoms with Gasteiger partial charge in [0.15, 0.2) is 0 Å². The summed E-state index contributed by atoms with van der Waals surface area (Å²) in [5.41, 5.74) is 1.03. The molecular formula is C11H15ClN2O. The molecule has 3 nitrogen and oxygen atoms in total. The summed E-state index contributed by atoms with van der Waals surface area (Å²) in [4.78, 5) is 11.2. The van der Waals surface area contributed by atoms with Crippen LogP contribution < -0.4 is 10.6 Å². The molecule has 82 valence electrons. The van der Waals surface area contributed by atoms with Gasteiger partial charge in [-0.2, -0.15) is 0 Å². The summed E-state index contributed by atoms with van der Waals surface area (Å²) in [6.07, 6.45) is 0.939. The number of rotatable bonds is 4. The first-order valence-corrected chi connectivity index (χ1v) is 5.36. The van der Waals surface area contributed by atoms with Crippen molar-refractivity contribution < 1.29 is 4.79 Å². The van der Waals surface area contributed by atoms with E-state index >= 15 is 0 Å². The van der Waals surface area contributed by atoms with E-state index in [0.29, 0.717) is 18.1 Å². The van der Waals surface area contributed by atoms with Gasteiger partial charge in [0.05, 0.1) is 0 Å². The third kappa shape index (κ3) is 4.70. The Labute approximate surface area is 94.8 Å². The Hall–Kier alpha value is -1.22. The zero-order chi connectivity index (χ0) is 11.1. The first kappa shape index (κ1) is 11.9. The van der Waals surface area contributed by atoms with Crippen molar-refractivity contribution in [2.75, 3.05) is 6.54 Å². The first-order chi connectivity index (χ1) is 7.22. The summed E-state index contributed by atoms with van der Waals surface area (Å²) in [6, 6.07) is 7.27. The predicted octanol–water partition coefficient (Wildman–Crippen LogP) is 2.55. The lowest BCUT2D eigenvalue weighted by molar-refractivity contribution is 0.240. The Morgan fingerprint density at radius 3 is 2.53 bits per heavy atom. The number of amides is 2. The highest BCUT2D eigenvalue weighted by Crippen LogP contribution is 2.08. The van der Waals surface area contributed by atoms with Gasteiger partial charge >= 0.3 is 6.03 Å². The second kappa shape index (κ2) is 6.30. The van der Waals surface area contributed by atoms with Crippen molar-refractivity contribution >= 4 is 17.6 Å². The molecule has 1 aromatic carbocycles. The highest BCUT2D eigenvalue weighted by Gasteiger charge is 1.98. The lowest BCUT2D eigenvalue weighted by Gasteiger charge is -2.06. The molecule has 15 heavy (non-hydrogen) atoms. The minimum Gasteiger partial charge on any atom is -0.338 e. The van der Waals surface area contributed by atoms with Gasteiger partial charge in [-0.3, -0.25) is 0 Å². The first-order valence-electron chi connectivity index (χ1n) is 4.98. The second-order valence-electron chi connectivity index (χ2n) is 3.24. The maximum Gasteiger partial charge on any atom is 0.315 e. The molecule has 1 aromatic rings. The maximum atomic E-state index is 11.2. The highest BCUT2D eigenvalue weighted by atomic mass is 35.5.